The first kappa shape index (κ1) is 22.0. The van der Waals surface area contributed by atoms with Crippen molar-refractivity contribution >= 4 is 17.6 Å². The number of nitriles is 1. The van der Waals surface area contributed by atoms with E-state index in [9.17, 15) is 9.59 Å². The van der Waals surface area contributed by atoms with Gasteiger partial charge in [0, 0.05) is 5.69 Å². The van der Waals surface area contributed by atoms with Crippen molar-refractivity contribution < 1.29 is 19.1 Å². The minimum absolute atomic E-state index is 0.243. The topological polar surface area (TPSA) is 88.4 Å². The van der Waals surface area contributed by atoms with Gasteiger partial charge in [-0.15, -0.1) is 0 Å². The molecule has 0 spiro atoms. The molecule has 0 unspecified atom stereocenters. The lowest BCUT2D eigenvalue weighted by atomic mass is 9.92. The highest BCUT2D eigenvalue weighted by Crippen LogP contribution is 2.32. The molecule has 0 heterocycles. The number of carbonyl (C=O) groups is 2. The van der Waals surface area contributed by atoms with E-state index in [4.69, 9.17) is 14.7 Å². The van der Waals surface area contributed by atoms with Gasteiger partial charge < -0.3 is 14.8 Å². The van der Waals surface area contributed by atoms with E-state index in [0.717, 1.165) is 16.8 Å². The van der Waals surface area contributed by atoms with E-state index in [1.807, 2.05) is 24.3 Å². The van der Waals surface area contributed by atoms with Gasteiger partial charge in [-0.25, -0.2) is 4.79 Å². The smallest absolute Gasteiger partial charge is 0.344 e. The second-order valence-corrected chi connectivity index (χ2v) is 7.25. The van der Waals surface area contributed by atoms with Gasteiger partial charge >= 0.3 is 5.97 Å². The van der Waals surface area contributed by atoms with Gasteiger partial charge in [0.1, 0.15) is 5.75 Å². The minimum atomic E-state index is -0.647. The molecule has 29 heavy (non-hydrogen) atoms. The van der Waals surface area contributed by atoms with E-state index in [0.29, 0.717) is 11.3 Å². The molecule has 0 atom stereocenters. The van der Waals surface area contributed by atoms with Crippen LogP contribution in [-0.2, 0) is 14.3 Å². The van der Waals surface area contributed by atoms with Gasteiger partial charge in [0.15, 0.2) is 13.2 Å². The summed E-state index contributed by atoms with van der Waals surface area (Å²) in [5.41, 5.74) is 3.37. The summed E-state index contributed by atoms with van der Waals surface area (Å²) in [6.07, 6.45) is 0. The third-order valence-electron chi connectivity index (χ3n) is 4.34. The molecule has 6 nitrogen and oxygen atoms in total. The van der Waals surface area contributed by atoms with Crippen molar-refractivity contribution in [3.05, 3.63) is 59.2 Å². The van der Waals surface area contributed by atoms with Crippen LogP contribution in [0.1, 0.15) is 56.2 Å². The Labute approximate surface area is 171 Å². The molecule has 6 heteroatoms. The lowest BCUT2D eigenvalue weighted by molar-refractivity contribution is -0.149. The first-order valence-electron chi connectivity index (χ1n) is 9.53. The second-order valence-electron chi connectivity index (χ2n) is 7.25. The Morgan fingerprint density at radius 2 is 1.55 bits per heavy atom. The number of benzene rings is 2. The number of hydrogen-bond donors (Lipinski definition) is 1. The molecule has 0 bridgehead atoms. The van der Waals surface area contributed by atoms with E-state index in [-0.39, 0.29) is 25.0 Å². The fourth-order valence-corrected chi connectivity index (χ4v) is 2.83. The lowest BCUT2D eigenvalue weighted by Crippen LogP contribution is -2.24. The van der Waals surface area contributed by atoms with Gasteiger partial charge in [-0.05, 0) is 47.2 Å². The van der Waals surface area contributed by atoms with Crippen LogP contribution in [0.25, 0.3) is 0 Å². The Bertz CT molecular complexity index is 870. The number of carbonyl (C=O) groups excluding carboxylic acids is 2. The highest BCUT2D eigenvalue weighted by atomic mass is 16.6. The molecule has 2 rings (SSSR count). The molecule has 0 aliphatic heterocycles. The normalized spacial score (nSPS) is 10.5. The summed E-state index contributed by atoms with van der Waals surface area (Å²) >= 11 is 0. The highest BCUT2D eigenvalue weighted by Gasteiger charge is 2.17. The van der Waals surface area contributed by atoms with Gasteiger partial charge in [-0.2, -0.15) is 5.26 Å². The maximum absolute atomic E-state index is 12.4. The maximum Gasteiger partial charge on any atom is 0.344 e. The quantitative estimate of drug-likeness (QED) is 0.672. The van der Waals surface area contributed by atoms with Crippen molar-refractivity contribution in [1.29, 1.82) is 5.26 Å². The van der Waals surface area contributed by atoms with E-state index in [1.54, 1.807) is 24.3 Å². The van der Waals surface area contributed by atoms with Crippen molar-refractivity contribution in [1.82, 2.24) is 0 Å². The molecule has 0 aliphatic rings. The van der Waals surface area contributed by atoms with Gasteiger partial charge in [-0.3, -0.25) is 4.79 Å². The Morgan fingerprint density at radius 1 is 0.966 bits per heavy atom. The molecule has 0 radical (unpaired) electrons. The SMILES string of the molecule is CC(C)c1cccc(C(C)C)c1NC(=O)COC(=O)COc1ccc(C#N)cc1. The van der Waals surface area contributed by atoms with Crippen molar-refractivity contribution in [3.63, 3.8) is 0 Å². The molecule has 1 N–H and O–H groups in total. The fourth-order valence-electron chi connectivity index (χ4n) is 2.83. The van der Waals surface area contributed by atoms with Crippen LogP contribution in [0.5, 0.6) is 5.75 Å². The minimum Gasteiger partial charge on any atom is -0.482 e. The van der Waals surface area contributed by atoms with Crippen molar-refractivity contribution in [2.45, 2.75) is 39.5 Å². The second kappa shape index (κ2) is 10.3. The average molecular weight is 394 g/mol. The number of amides is 1. The lowest BCUT2D eigenvalue weighted by Gasteiger charge is -2.20. The molecule has 1 amide bonds. The number of nitrogens with one attached hydrogen (secondary N) is 1. The third kappa shape index (κ3) is 6.35. The van der Waals surface area contributed by atoms with Crippen molar-refractivity contribution in [2.75, 3.05) is 18.5 Å². The zero-order chi connectivity index (χ0) is 21.4. The molecule has 2 aromatic rings. The number of nitrogens with zero attached hydrogens (tertiary/aromatic N) is 1. The first-order valence-corrected chi connectivity index (χ1v) is 9.53. The number of rotatable bonds is 8. The molecular weight excluding hydrogens is 368 g/mol. The number of esters is 1. The summed E-state index contributed by atoms with van der Waals surface area (Å²) < 4.78 is 10.3. The molecule has 0 aliphatic carbocycles. The van der Waals surface area contributed by atoms with Crippen LogP contribution in [0.3, 0.4) is 0 Å². The molecule has 0 fully saturated rings. The highest BCUT2D eigenvalue weighted by molar-refractivity contribution is 5.94. The van der Waals surface area contributed by atoms with Crippen LogP contribution in [0, 0.1) is 11.3 Å². The summed E-state index contributed by atoms with van der Waals surface area (Å²) in [5, 5.41) is 11.7. The average Bonchev–Trinajstić information content (AvgIpc) is 2.70. The van der Waals surface area contributed by atoms with Crippen LogP contribution >= 0.6 is 0 Å². The first-order chi connectivity index (χ1) is 13.8. The summed E-state index contributed by atoms with van der Waals surface area (Å²) in [7, 11) is 0. The van der Waals surface area contributed by atoms with Gasteiger partial charge in [0.25, 0.3) is 5.91 Å². The van der Waals surface area contributed by atoms with Crippen molar-refractivity contribution in [2.24, 2.45) is 0 Å². The predicted molar refractivity (Wildman–Crippen MR) is 111 cm³/mol. The van der Waals surface area contributed by atoms with E-state index < -0.39 is 11.9 Å². The Hall–Kier alpha value is -3.33. The molecule has 152 valence electrons. The molecule has 0 aromatic heterocycles. The number of ether oxygens (including phenoxy) is 2. The summed E-state index contributed by atoms with van der Waals surface area (Å²) in [6.45, 7) is 7.55. The van der Waals surface area contributed by atoms with E-state index in [2.05, 4.69) is 33.0 Å². The van der Waals surface area contributed by atoms with Crippen LogP contribution < -0.4 is 10.1 Å². The monoisotopic (exact) mass is 394 g/mol. The van der Waals surface area contributed by atoms with E-state index in [1.165, 1.54) is 0 Å². The van der Waals surface area contributed by atoms with Gasteiger partial charge in [0.05, 0.1) is 11.6 Å². The zero-order valence-corrected chi connectivity index (χ0v) is 17.2. The number of anilines is 1. The third-order valence-corrected chi connectivity index (χ3v) is 4.34. The van der Waals surface area contributed by atoms with Gasteiger partial charge in [-0.1, -0.05) is 45.9 Å². The Balaban J connectivity index is 1.91. The van der Waals surface area contributed by atoms with Crippen molar-refractivity contribution in [3.8, 4) is 11.8 Å². The fraction of sp³-hybridized carbons (Fsp3) is 0.348. The maximum atomic E-state index is 12.4. The standard InChI is InChI=1S/C23H26N2O4/c1-15(2)19-6-5-7-20(16(3)4)23(19)25-21(26)13-29-22(27)14-28-18-10-8-17(12-24)9-11-18/h5-11,15-16H,13-14H2,1-4H3,(H,25,26). The van der Waals surface area contributed by atoms with Crippen LogP contribution in [0.15, 0.2) is 42.5 Å². The van der Waals surface area contributed by atoms with Crippen LogP contribution in [0.4, 0.5) is 5.69 Å². The van der Waals surface area contributed by atoms with Crippen LogP contribution in [0.2, 0.25) is 0 Å². The Kier molecular flexibility index (Phi) is 7.79. The summed E-state index contributed by atoms with van der Waals surface area (Å²) in [5.74, 6) is -0.116. The summed E-state index contributed by atoms with van der Waals surface area (Å²) in [6, 6.07) is 14.3. The molecule has 2 aromatic carbocycles. The van der Waals surface area contributed by atoms with E-state index >= 15 is 0 Å². The van der Waals surface area contributed by atoms with Gasteiger partial charge in [0.2, 0.25) is 0 Å². The molecule has 0 saturated carbocycles. The largest absolute Gasteiger partial charge is 0.482 e. The molecule has 0 saturated heterocycles. The summed E-state index contributed by atoms with van der Waals surface area (Å²) in [4.78, 5) is 24.2. The predicted octanol–water partition coefficient (Wildman–Crippen LogP) is 4.37. The zero-order valence-electron chi connectivity index (χ0n) is 17.2. The number of para-hydroxylation sites is 1. The molecular formula is C23H26N2O4. The van der Waals surface area contributed by atoms with Crippen LogP contribution in [-0.4, -0.2) is 25.1 Å². The Morgan fingerprint density at radius 3 is 2.07 bits per heavy atom. The number of hydrogen-bond acceptors (Lipinski definition) is 5.